The molecule has 0 saturated heterocycles. The highest BCUT2D eigenvalue weighted by Gasteiger charge is 2.21. The van der Waals surface area contributed by atoms with Crippen LogP contribution in [0, 0.1) is 11.3 Å². The van der Waals surface area contributed by atoms with Crippen molar-refractivity contribution in [1.29, 1.82) is 5.26 Å². The SMILES string of the molecule is CSc1c(C#N)c(-c2cccs2)nc2c3ccccc3n(C)c12. The summed E-state index contributed by atoms with van der Waals surface area (Å²) in [4.78, 5) is 6.93. The number of aryl methyl sites for hydroxylation is 1. The van der Waals surface area contributed by atoms with Crippen LogP contribution in [0.3, 0.4) is 0 Å². The smallest absolute Gasteiger partial charge is 0.103 e. The van der Waals surface area contributed by atoms with Gasteiger partial charge in [0.25, 0.3) is 0 Å². The molecule has 112 valence electrons. The third kappa shape index (κ3) is 1.99. The minimum Gasteiger partial charge on any atom is -0.341 e. The molecular formula is C18H13N3S2. The molecule has 5 heteroatoms. The fourth-order valence-electron chi connectivity index (χ4n) is 3.03. The molecule has 0 aliphatic rings. The van der Waals surface area contributed by atoms with E-state index >= 15 is 0 Å². The summed E-state index contributed by atoms with van der Waals surface area (Å²) in [6.07, 6.45) is 2.02. The quantitative estimate of drug-likeness (QED) is 0.481. The number of aromatic nitrogens is 2. The maximum atomic E-state index is 9.75. The van der Waals surface area contributed by atoms with Gasteiger partial charge in [0.2, 0.25) is 0 Å². The Kier molecular flexibility index (Phi) is 3.37. The van der Waals surface area contributed by atoms with Gasteiger partial charge >= 0.3 is 0 Å². The summed E-state index contributed by atoms with van der Waals surface area (Å²) in [5.74, 6) is 0. The van der Waals surface area contributed by atoms with E-state index in [0.29, 0.717) is 5.56 Å². The van der Waals surface area contributed by atoms with E-state index in [9.17, 15) is 5.26 Å². The third-order valence-corrected chi connectivity index (χ3v) is 5.74. The summed E-state index contributed by atoms with van der Waals surface area (Å²) < 4.78 is 2.14. The fraction of sp³-hybridized carbons (Fsp3) is 0.111. The monoisotopic (exact) mass is 335 g/mol. The van der Waals surface area contributed by atoms with Gasteiger partial charge in [0.15, 0.2) is 0 Å². The van der Waals surface area contributed by atoms with Crippen molar-refractivity contribution in [2.45, 2.75) is 4.90 Å². The minimum absolute atomic E-state index is 0.665. The van der Waals surface area contributed by atoms with Crippen LogP contribution in [-0.4, -0.2) is 15.8 Å². The Bertz CT molecular complexity index is 1070. The molecule has 0 aliphatic carbocycles. The van der Waals surface area contributed by atoms with Crippen LogP contribution in [0.15, 0.2) is 46.7 Å². The maximum absolute atomic E-state index is 9.75. The molecule has 0 radical (unpaired) electrons. The Morgan fingerprint density at radius 3 is 2.74 bits per heavy atom. The molecule has 0 N–H and O–H groups in total. The predicted octanol–water partition coefficient (Wildman–Crippen LogP) is 5.05. The summed E-state index contributed by atoms with van der Waals surface area (Å²) in [7, 11) is 2.04. The highest BCUT2D eigenvalue weighted by atomic mass is 32.2. The minimum atomic E-state index is 0.665. The zero-order valence-corrected chi connectivity index (χ0v) is 14.3. The fourth-order valence-corrected chi connectivity index (χ4v) is 4.53. The number of benzene rings is 1. The molecule has 0 unspecified atom stereocenters. The Labute approximate surface area is 142 Å². The van der Waals surface area contributed by atoms with Crippen molar-refractivity contribution in [3.63, 3.8) is 0 Å². The molecule has 0 fully saturated rings. The van der Waals surface area contributed by atoms with Gasteiger partial charge < -0.3 is 4.57 Å². The highest BCUT2D eigenvalue weighted by molar-refractivity contribution is 7.98. The Balaban J connectivity index is 2.25. The van der Waals surface area contributed by atoms with E-state index in [4.69, 9.17) is 4.98 Å². The molecule has 0 atom stereocenters. The van der Waals surface area contributed by atoms with Crippen molar-refractivity contribution in [2.24, 2.45) is 7.05 Å². The van der Waals surface area contributed by atoms with Gasteiger partial charge in [0, 0.05) is 12.4 Å². The number of nitriles is 1. The molecule has 1 aromatic carbocycles. The number of rotatable bonds is 2. The molecule has 23 heavy (non-hydrogen) atoms. The number of para-hydroxylation sites is 1. The van der Waals surface area contributed by atoms with Gasteiger partial charge in [-0.3, -0.25) is 0 Å². The van der Waals surface area contributed by atoms with Crippen LogP contribution in [0.4, 0.5) is 0 Å². The molecule has 0 bridgehead atoms. The van der Waals surface area contributed by atoms with Crippen LogP contribution >= 0.6 is 23.1 Å². The van der Waals surface area contributed by atoms with Gasteiger partial charge in [-0.2, -0.15) is 5.26 Å². The van der Waals surface area contributed by atoms with E-state index in [2.05, 4.69) is 22.8 Å². The first-order valence-electron chi connectivity index (χ1n) is 7.15. The lowest BCUT2D eigenvalue weighted by Gasteiger charge is -2.09. The zero-order valence-electron chi connectivity index (χ0n) is 12.7. The lowest BCUT2D eigenvalue weighted by molar-refractivity contribution is 0.997. The molecular weight excluding hydrogens is 322 g/mol. The molecule has 4 aromatic rings. The molecule has 0 spiro atoms. The first-order chi connectivity index (χ1) is 11.3. The molecule has 3 heterocycles. The summed E-state index contributed by atoms with van der Waals surface area (Å²) in [6, 6.07) is 14.7. The van der Waals surface area contributed by atoms with Gasteiger partial charge in [0.1, 0.15) is 6.07 Å². The van der Waals surface area contributed by atoms with E-state index in [1.54, 1.807) is 23.1 Å². The predicted molar refractivity (Wildman–Crippen MR) is 98.0 cm³/mol. The van der Waals surface area contributed by atoms with E-state index in [-0.39, 0.29) is 0 Å². The second-order valence-electron chi connectivity index (χ2n) is 5.23. The standard InChI is InChI=1S/C18H13N3S2/c1-21-13-7-4-3-6-11(13)16-17(21)18(22-2)12(10-19)15(20-16)14-8-5-9-23-14/h3-9H,1-2H3. The number of nitrogens with zero attached hydrogens (tertiary/aromatic N) is 3. The van der Waals surface area contributed by atoms with Crippen molar-refractivity contribution in [3.8, 4) is 16.6 Å². The molecule has 0 aliphatic heterocycles. The van der Waals surface area contributed by atoms with Crippen LogP contribution in [0.2, 0.25) is 0 Å². The van der Waals surface area contributed by atoms with E-state index in [1.165, 1.54) is 0 Å². The average Bonchev–Trinajstić information content (AvgIpc) is 3.21. The number of thiophene rings is 1. The van der Waals surface area contributed by atoms with Crippen LogP contribution in [0.5, 0.6) is 0 Å². The Morgan fingerprint density at radius 2 is 2.04 bits per heavy atom. The van der Waals surface area contributed by atoms with Gasteiger partial charge in [-0.1, -0.05) is 24.3 Å². The van der Waals surface area contributed by atoms with Crippen molar-refractivity contribution in [2.75, 3.05) is 6.26 Å². The number of hydrogen-bond acceptors (Lipinski definition) is 4. The zero-order chi connectivity index (χ0) is 16.0. The second-order valence-corrected chi connectivity index (χ2v) is 7.00. The molecule has 0 amide bonds. The Hall–Kier alpha value is -2.29. The number of fused-ring (bicyclic) bond motifs is 3. The van der Waals surface area contributed by atoms with Crippen molar-refractivity contribution in [1.82, 2.24) is 9.55 Å². The molecule has 3 nitrogen and oxygen atoms in total. The van der Waals surface area contributed by atoms with E-state index in [1.807, 2.05) is 42.9 Å². The normalized spacial score (nSPS) is 11.2. The lowest BCUT2D eigenvalue weighted by Crippen LogP contribution is -1.96. The van der Waals surface area contributed by atoms with Gasteiger partial charge in [-0.25, -0.2) is 4.98 Å². The van der Waals surface area contributed by atoms with Gasteiger partial charge in [-0.05, 0) is 23.8 Å². The van der Waals surface area contributed by atoms with Crippen LogP contribution in [-0.2, 0) is 7.05 Å². The van der Waals surface area contributed by atoms with E-state index < -0.39 is 0 Å². The van der Waals surface area contributed by atoms with Gasteiger partial charge in [-0.15, -0.1) is 23.1 Å². The van der Waals surface area contributed by atoms with Gasteiger partial charge in [0.05, 0.1) is 37.6 Å². The first kappa shape index (κ1) is 14.3. The largest absolute Gasteiger partial charge is 0.341 e. The summed E-state index contributed by atoms with van der Waals surface area (Å²) >= 11 is 3.23. The average molecular weight is 335 g/mol. The summed E-state index contributed by atoms with van der Waals surface area (Å²) in [5, 5.41) is 12.9. The molecule has 0 saturated carbocycles. The van der Waals surface area contributed by atoms with Crippen molar-refractivity contribution in [3.05, 3.63) is 47.3 Å². The van der Waals surface area contributed by atoms with Crippen molar-refractivity contribution >= 4 is 45.0 Å². The first-order valence-corrected chi connectivity index (χ1v) is 9.25. The summed E-state index contributed by atoms with van der Waals surface area (Å²) in [5.41, 5.74) is 4.59. The number of pyridine rings is 1. The topological polar surface area (TPSA) is 41.6 Å². The third-order valence-electron chi connectivity index (χ3n) is 4.05. The van der Waals surface area contributed by atoms with Crippen LogP contribution < -0.4 is 0 Å². The van der Waals surface area contributed by atoms with Crippen LogP contribution in [0.1, 0.15) is 5.56 Å². The highest BCUT2D eigenvalue weighted by Crippen LogP contribution is 2.39. The molecule has 3 aromatic heterocycles. The maximum Gasteiger partial charge on any atom is 0.103 e. The van der Waals surface area contributed by atoms with E-state index in [0.717, 1.165) is 37.4 Å². The number of hydrogen-bond donors (Lipinski definition) is 0. The Morgan fingerprint density at radius 1 is 1.22 bits per heavy atom. The molecule has 4 rings (SSSR count). The van der Waals surface area contributed by atoms with Crippen molar-refractivity contribution < 1.29 is 0 Å². The lowest BCUT2D eigenvalue weighted by atomic mass is 10.1. The van der Waals surface area contributed by atoms with Crippen LogP contribution in [0.25, 0.3) is 32.5 Å². The summed E-state index contributed by atoms with van der Waals surface area (Å²) in [6.45, 7) is 0. The second kappa shape index (κ2) is 5.41. The number of thioether (sulfide) groups is 1.